The van der Waals surface area contributed by atoms with Gasteiger partial charge in [-0.1, -0.05) is 36.5 Å². The molecule has 2 rings (SSSR count). The maximum absolute atomic E-state index is 7.03. The fourth-order valence-electron chi connectivity index (χ4n) is 4.48. The second-order valence-corrected chi connectivity index (χ2v) is 16.7. The number of aliphatic imine (C=N–C) groups is 1. The summed E-state index contributed by atoms with van der Waals surface area (Å²) in [4.78, 5) is 9.44. The molecular weight excluding hydrogens is 402 g/mol. The second kappa shape index (κ2) is 10.0. The van der Waals surface area contributed by atoms with Gasteiger partial charge in [-0.25, -0.2) is 4.98 Å². The Hall–Kier alpha value is -2.49. The molecule has 160 valence electrons. The van der Waals surface area contributed by atoms with Crippen LogP contribution < -0.4 is 11.1 Å². The Bertz CT molecular complexity index is 801. The number of anilines is 1. The van der Waals surface area contributed by atoms with Gasteiger partial charge in [-0.3, -0.25) is 10.7 Å². The lowest BCUT2D eigenvalue weighted by atomic mass is 10.4. The van der Waals surface area contributed by atoms with Crippen LogP contribution >= 0.6 is 0 Å². The van der Waals surface area contributed by atoms with Crippen LogP contribution in [-0.4, -0.2) is 37.2 Å². The van der Waals surface area contributed by atoms with E-state index in [-0.39, 0.29) is 0 Å². The van der Waals surface area contributed by atoms with E-state index in [0.717, 1.165) is 47.8 Å². The van der Waals surface area contributed by atoms with Gasteiger partial charge in [0.1, 0.15) is 19.6 Å². The first kappa shape index (κ1) is 23.8. The van der Waals surface area contributed by atoms with Crippen LogP contribution in [0.4, 0.5) is 5.82 Å². The number of allylic oxidation sites excluding steroid dienone is 6. The van der Waals surface area contributed by atoms with Gasteiger partial charge in [-0.15, -0.1) is 39.5 Å². The van der Waals surface area contributed by atoms with Gasteiger partial charge in [0.2, 0.25) is 0 Å². The van der Waals surface area contributed by atoms with Crippen molar-refractivity contribution in [3.05, 3.63) is 88.0 Å². The predicted molar refractivity (Wildman–Crippen MR) is 137 cm³/mol. The molecular formula is C23H35N5Si2. The quantitative estimate of drug-likeness (QED) is 0.309. The van der Waals surface area contributed by atoms with Crippen molar-refractivity contribution >= 4 is 28.3 Å². The Morgan fingerprint density at radius 1 is 0.867 bits per heavy atom. The Balaban J connectivity index is 2.63. The predicted octanol–water partition coefficient (Wildman–Crippen LogP) is 5.24. The number of fused-ring (bicyclic) bond motifs is 1. The van der Waals surface area contributed by atoms with Gasteiger partial charge in [0, 0.05) is 0 Å². The van der Waals surface area contributed by atoms with Crippen molar-refractivity contribution in [3.8, 4) is 0 Å². The average Bonchev–Trinajstić information content (AvgIpc) is 3.12. The number of nitrogens with two attached hydrogens (primary N) is 1. The maximum atomic E-state index is 7.03. The molecule has 0 amide bonds. The Morgan fingerprint density at radius 2 is 1.33 bits per heavy atom. The summed E-state index contributed by atoms with van der Waals surface area (Å²) in [6.45, 7) is 24.0. The standard InChI is InChI=1S/C23H35N5Si2/c1-7-13-29(14-8-2,15-9-3)23(24)26-19-21-22(27-23)28(20-25-21)30(16-10-4,17-11-5)18-12-6/h7-12,19-20,27H,1-6,13-18,24H2. The smallest absolute Gasteiger partial charge is 0.176 e. The molecule has 0 aliphatic carbocycles. The molecule has 1 aliphatic heterocycles. The Kier molecular flexibility index (Phi) is 7.94. The molecule has 30 heavy (non-hydrogen) atoms. The van der Waals surface area contributed by atoms with Gasteiger partial charge < -0.3 is 9.55 Å². The summed E-state index contributed by atoms with van der Waals surface area (Å²) in [5.74, 6) is 0.929. The molecule has 1 atom stereocenters. The third kappa shape index (κ3) is 4.19. The maximum Gasteiger partial charge on any atom is 0.176 e. The minimum absolute atomic E-state index is 0.809. The highest BCUT2D eigenvalue weighted by molar-refractivity contribution is 6.84. The van der Waals surface area contributed by atoms with E-state index in [1.807, 2.05) is 49.0 Å². The number of aromatic nitrogens is 2. The minimum Gasteiger partial charge on any atom is -0.344 e. The summed E-state index contributed by atoms with van der Waals surface area (Å²) in [6.07, 6.45) is 15.5. The number of imidazole rings is 1. The van der Waals surface area contributed by atoms with E-state index in [4.69, 9.17) is 10.7 Å². The minimum atomic E-state index is -2.27. The van der Waals surface area contributed by atoms with Gasteiger partial charge in [0.15, 0.2) is 13.6 Å². The molecule has 0 bridgehead atoms. The zero-order valence-corrected chi connectivity index (χ0v) is 20.0. The van der Waals surface area contributed by atoms with Crippen LogP contribution in [0.2, 0.25) is 36.3 Å². The first-order valence-electron chi connectivity index (χ1n) is 10.3. The van der Waals surface area contributed by atoms with Crippen molar-refractivity contribution in [2.24, 2.45) is 10.7 Å². The number of hydrogen-bond acceptors (Lipinski definition) is 4. The van der Waals surface area contributed by atoms with E-state index in [0.29, 0.717) is 0 Å². The molecule has 2 heterocycles. The normalized spacial score (nSPS) is 18.0. The highest BCUT2D eigenvalue weighted by Gasteiger charge is 2.51. The lowest BCUT2D eigenvalue weighted by molar-refractivity contribution is 0.662. The van der Waals surface area contributed by atoms with Crippen molar-refractivity contribution in [3.63, 3.8) is 0 Å². The van der Waals surface area contributed by atoms with Crippen molar-refractivity contribution in [1.29, 1.82) is 0 Å². The van der Waals surface area contributed by atoms with E-state index in [1.165, 1.54) is 0 Å². The summed E-state index contributed by atoms with van der Waals surface area (Å²) < 4.78 is 2.30. The van der Waals surface area contributed by atoms with Gasteiger partial charge in [0.25, 0.3) is 0 Å². The molecule has 1 aliphatic rings. The van der Waals surface area contributed by atoms with Crippen LogP contribution in [0, 0.1) is 0 Å². The molecule has 3 N–H and O–H groups in total. The lowest BCUT2D eigenvalue weighted by Gasteiger charge is -2.46. The van der Waals surface area contributed by atoms with Gasteiger partial charge in [-0.2, -0.15) is 0 Å². The van der Waals surface area contributed by atoms with Crippen molar-refractivity contribution in [2.75, 3.05) is 5.32 Å². The zero-order valence-electron chi connectivity index (χ0n) is 18.0. The van der Waals surface area contributed by atoms with Crippen LogP contribution in [0.3, 0.4) is 0 Å². The molecule has 7 heteroatoms. The molecule has 1 aromatic heterocycles. The van der Waals surface area contributed by atoms with Crippen LogP contribution in [0.15, 0.2) is 87.2 Å². The second-order valence-electron chi connectivity index (χ2n) is 7.96. The number of rotatable bonds is 14. The lowest BCUT2D eigenvalue weighted by Crippen LogP contribution is -2.68. The molecule has 1 aromatic rings. The van der Waals surface area contributed by atoms with Crippen LogP contribution in [0.25, 0.3) is 0 Å². The molecule has 0 saturated heterocycles. The van der Waals surface area contributed by atoms with Gasteiger partial charge in [-0.05, 0) is 36.3 Å². The van der Waals surface area contributed by atoms with E-state index in [2.05, 4.69) is 54.0 Å². The fraction of sp³-hybridized carbons (Fsp3) is 0.304. The third-order valence-electron chi connectivity index (χ3n) is 5.99. The van der Waals surface area contributed by atoms with E-state index in [9.17, 15) is 0 Å². The number of nitrogens with zero attached hydrogens (tertiary/aromatic N) is 3. The molecule has 0 aromatic carbocycles. The summed E-state index contributed by atoms with van der Waals surface area (Å²) >= 11 is 0. The Morgan fingerprint density at radius 3 is 1.77 bits per heavy atom. The third-order valence-corrected chi connectivity index (χ3v) is 15.6. The highest BCUT2D eigenvalue weighted by Crippen LogP contribution is 2.38. The van der Waals surface area contributed by atoms with E-state index >= 15 is 0 Å². The highest BCUT2D eigenvalue weighted by atomic mass is 28.3. The first-order valence-corrected chi connectivity index (χ1v) is 15.5. The van der Waals surface area contributed by atoms with E-state index < -0.39 is 21.7 Å². The van der Waals surface area contributed by atoms with Crippen molar-refractivity contribution < 1.29 is 0 Å². The van der Waals surface area contributed by atoms with Gasteiger partial charge in [0.05, 0.1) is 12.5 Å². The monoisotopic (exact) mass is 437 g/mol. The van der Waals surface area contributed by atoms with Crippen LogP contribution in [0.5, 0.6) is 0 Å². The summed E-state index contributed by atoms with van der Waals surface area (Å²) in [5.41, 5.74) is 6.93. The Labute approximate surface area is 183 Å². The van der Waals surface area contributed by atoms with Crippen molar-refractivity contribution in [2.45, 2.75) is 41.7 Å². The first-order chi connectivity index (χ1) is 14.4. The molecule has 0 fully saturated rings. The molecule has 0 saturated carbocycles. The molecule has 1 unspecified atom stereocenters. The fourth-order valence-corrected chi connectivity index (χ4v) is 11.9. The number of hydrogen-bond donors (Lipinski definition) is 2. The zero-order chi connectivity index (χ0) is 22.3. The topological polar surface area (TPSA) is 68.2 Å². The molecule has 0 radical (unpaired) electrons. The van der Waals surface area contributed by atoms with Crippen LogP contribution in [0.1, 0.15) is 5.69 Å². The summed E-state index contributed by atoms with van der Waals surface area (Å²) in [5, 5.41) is 3.63. The summed E-state index contributed by atoms with van der Waals surface area (Å²) in [6, 6.07) is 5.09. The SMILES string of the molecule is C=CC[Si](CC=C)(CC=C)n1cnc2c1NC(N)([Si](CC=C)(CC=C)CC=C)N=C2. The largest absolute Gasteiger partial charge is 0.344 e. The summed E-state index contributed by atoms with van der Waals surface area (Å²) in [7, 11) is -4.37. The molecule has 0 spiro atoms. The van der Waals surface area contributed by atoms with E-state index in [1.54, 1.807) is 0 Å². The average molecular weight is 438 g/mol. The van der Waals surface area contributed by atoms with Crippen LogP contribution in [-0.2, 0) is 0 Å². The molecule has 5 nitrogen and oxygen atoms in total. The van der Waals surface area contributed by atoms with Crippen molar-refractivity contribution in [1.82, 2.24) is 9.22 Å². The number of nitrogens with one attached hydrogen (secondary N) is 1. The van der Waals surface area contributed by atoms with Gasteiger partial charge >= 0.3 is 0 Å².